The van der Waals surface area contributed by atoms with Gasteiger partial charge in [0.2, 0.25) is 0 Å². The number of phosphoric ester groups is 1. The van der Waals surface area contributed by atoms with Crippen LogP contribution in [0.2, 0.25) is 0 Å². The van der Waals surface area contributed by atoms with Gasteiger partial charge in [-0.25, -0.2) is 9.36 Å². The average molecular weight is 200 g/mol. The molecule has 0 fully saturated rings. The lowest BCUT2D eigenvalue weighted by atomic mass is 10.3. The summed E-state index contributed by atoms with van der Waals surface area (Å²) in [5, 5.41) is 0. The smallest absolute Gasteiger partial charge is 0.372 e. The van der Waals surface area contributed by atoms with Crippen molar-refractivity contribution in [1.29, 1.82) is 0 Å². The molecule has 0 rings (SSSR count). The summed E-state index contributed by atoms with van der Waals surface area (Å²) in [4.78, 5) is 30.4. The highest BCUT2D eigenvalue weighted by molar-refractivity contribution is 7.46. The van der Waals surface area contributed by atoms with Gasteiger partial charge in [-0.3, -0.25) is 4.52 Å². The van der Waals surface area contributed by atoms with Gasteiger partial charge in [0.25, 0.3) is 0 Å². The van der Waals surface area contributed by atoms with Crippen LogP contribution in [0.5, 0.6) is 0 Å². The third-order valence-electron chi connectivity index (χ3n) is 0.841. The zero-order valence-corrected chi connectivity index (χ0v) is 6.81. The molecule has 0 aromatic rings. The number of nitrogens with two attached hydrogens (primary N) is 2. The van der Waals surface area contributed by atoms with Gasteiger partial charge in [-0.15, -0.1) is 0 Å². The molecular weight excluding hydrogens is 191 g/mol. The van der Waals surface area contributed by atoms with E-state index >= 15 is 0 Å². The van der Waals surface area contributed by atoms with Crippen LogP contribution in [-0.2, 0) is 18.7 Å². The Kier molecular flexibility index (Phi) is 4.32. The Morgan fingerprint density at radius 2 is 2.08 bits per heavy atom. The van der Waals surface area contributed by atoms with Crippen molar-refractivity contribution in [3.63, 3.8) is 0 Å². The predicted octanol–water partition coefficient (Wildman–Crippen LogP) is -2.16. The molecule has 0 amide bonds. The van der Waals surface area contributed by atoms with E-state index in [4.69, 9.17) is 15.5 Å². The molecular formula is C3H9N2O6P. The summed E-state index contributed by atoms with van der Waals surface area (Å²) in [6.45, 7) is -0.652. The van der Waals surface area contributed by atoms with E-state index in [0.717, 1.165) is 0 Å². The van der Waals surface area contributed by atoms with E-state index < -0.39 is 26.4 Å². The standard InChI is InChI=1S/C3H9N2O6P/c4-2(3(6)11-5)1-10-12(7,8)9/h2H,1,4-5H2,(H2,7,8,9)/t2-/m0/s1. The molecule has 8 nitrogen and oxygen atoms in total. The van der Waals surface area contributed by atoms with Gasteiger partial charge in [0.1, 0.15) is 6.04 Å². The van der Waals surface area contributed by atoms with Gasteiger partial charge in [0.15, 0.2) is 0 Å². The number of hydrogen-bond donors (Lipinski definition) is 4. The van der Waals surface area contributed by atoms with Gasteiger partial charge < -0.3 is 20.4 Å². The maximum absolute atomic E-state index is 10.4. The maximum Gasteiger partial charge on any atom is 0.469 e. The van der Waals surface area contributed by atoms with Crippen molar-refractivity contribution in [2.24, 2.45) is 11.6 Å². The normalized spacial score (nSPS) is 14.0. The Balaban J connectivity index is 3.79. The molecule has 0 bridgehead atoms. The summed E-state index contributed by atoms with van der Waals surface area (Å²) in [6, 6.07) is -1.30. The number of hydrogen-bond acceptors (Lipinski definition) is 6. The number of carbonyl (C=O) groups excluding carboxylic acids is 1. The maximum atomic E-state index is 10.4. The summed E-state index contributed by atoms with van der Waals surface area (Å²) < 4.78 is 14.0. The average Bonchev–Trinajstić information content (AvgIpc) is 1.97. The highest BCUT2D eigenvalue weighted by Crippen LogP contribution is 2.35. The fraction of sp³-hybridized carbons (Fsp3) is 0.667. The van der Waals surface area contributed by atoms with Crippen molar-refractivity contribution in [2.45, 2.75) is 6.04 Å². The van der Waals surface area contributed by atoms with Crippen LogP contribution in [0.1, 0.15) is 0 Å². The summed E-state index contributed by atoms with van der Waals surface area (Å²) in [6.07, 6.45) is 0. The molecule has 0 aromatic heterocycles. The highest BCUT2D eigenvalue weighted by atomic mass is 31.2. The first kappa shape index (κ1) is 11.5. The minimum Gasteiger partial charge on any atom is -0.372 e. The molecule has 0 spiro atoms. The van der Waals surface area contributed by atoms with Gasteiger partial charge in [-0.2, -0.15) is 5.90 Å². The zero-order chi connectivity index (χ0) is 9.78. The van der Waals surface area contributed by atoms with E-state index in [9.17, 15) is 9.36 Å². The van der Waals surface area contributed by atoms with Crippen LogP contribution in [0.4, 0.5) is 0 Å². The molecule has 0 saturated carbocycles. The summed E-state index contributed by atoms with van der Waals surface area (Å²) in [5.74, 6) is 3.42. The van der Waals surface area contributed by atoms with Crippen LogP contribution in [0.15, 0.2) is 0 Å². The fourth-order valence-electron chi connectivity index (χ4n) is 0.333. The minimum atomic E-state index is -4.60. The Morgan fingerprint density at radius 3 is 2.42 bits per heavy atom. The van der Waals surface area contributed by atoms with E-state index in [1.165, 1.54) is 0 Å². The molecule has 6 N–H and O–H groups in total. The Bertz CT molecular complexity index is 201. The lowest BCUT2D eigenvalue weighted by molar-refractivity contribution is -0.146. The molecule has 0 aromatic carbocycles. The third-order valence-corrected chi connectivity index (χ3v) is 1.33. The first-order chi connectivity index (χ1) is 5.37. The minimum absolute atomic E-state index is 0.652. The molecule has 0 unspecified atom stereocenters. The van der Waals surface area contributed by atoms with E-state index in [2.05, 4.69) is 15.3 Å². The van der Waals surface area contributed by atoms with Crippen molar-refractivity contribution in [1.82, 2.24) is 0 Å². The van der Waals surface area contributed by atoms with Crippen LogP contribution in [-0.4, -0.2) is 28.4 Å². The molecule has 1 atom stereocenters. The van der Waals surface area contributed by atoms with Gasteiger partial charge in [0, 0.05) is 0 Å². The highest BCUT2D eigenvalue weighted by Gasteiger charge is 2.21. The lowest BCUT2D eigenvalue weighted by Gasteiger charge is -2.09. The first-order valence-electron chi connectivity index (χ1n) is 2.73. The SMILES string of the molecule is NOC(=O)[C@@H](N)COP(=O)(O)O. The van der Waals surface area contributed by atoms with Crippen LogP contribution in [0.3, 0.4) is 0 Å². The largest absolute Gasteiger partial charge is 0.469 e. The van der Waals surface area contributed by atoms with Crippen LogP contribution in [0.25, 0.3) is 0 Å². The van der Waals surface area contributed by atoms with Crippen molar-refractivity contribution in [3.8, 4) is 0 Å². The molecule has 9 heteroatoms. The Morgan fingerprint density at radius 1 is 1.58 bits per heavy atom. The Labute approximate surface area is 67.6 Å². The van der Waals surface area contributed by atoms with Crippen molar-refractivity contribution < 1.29 is 28.5 Å². The molecule has 72 valence electrons. The Hall–Kier alpha value is -0.500. The second-order valence-corrected chi connectivity index (χ2v) is 3.07. The second kappa shape index (κ2) is 4.51. The lowest BCUT2D eigenvalue weighted by Crippen LogP contribution is -2.37. The predicted molar refractivity (Wildman–Crippen MR) is 36.3 cm³/mol. The molecule has 0 aliphatic carbocycles. The van der Waals surface area contributed by atoms with Crippen molar-refractivity contribution >= 4 is 13.8 Å². The van der Waals surface area contributed by atoms with Gasteiger partial charge in [0.05, 0.1) is 6.61 Å². The van der Waals surface area contributed by atoms with Crippen LogP contribution in [0, 0.1) is 0 Å². The van der Waals surface area contributed by atoms with Crippen molar-refractivity contribution in [2.75, 3.05) is 6.61 Å². The van der Waals surface area contributed by atoms with E-state index in [-0.39, 0.29) is 0 Å². The molecule has 0 aliphatic heterocycles. The fourth-order valence-corrected chi connectivity index (χ4v) is 0.688. The molecule has 0 radical (unpaired) electrons. The van der Waals surface area contributed by atoms with Crippen LogP contribution >= 0.6 is 7.82 Å². The number of phosphoric acid groups is 1. The quantitative estimate of drug-likeness (QED) is 0.296. The summed E-state index contributed by atoms with van der Waals surface area (Å²) >= 11 is 0. The molecule has 12 heavy (non-hydrogen) atoms. The first-order valence-corrected chi connectivity index (χ1v) is 4.26. The molecule has 0 aliphatic rings. The molecule has 0 heterocycles. The third kappa shape index (κ3) is 5.19. The van der Waals surface area contributed by atoms with Crippen LogP contribution < -0.4 is 11.6 Å². The number of carbonyl (C=O) groups is 1. The van der Waals surface area contributed by atoms with Crippen molar-refractivity contribution in [3.05, 3.63) is 0 Å². The van der Waals surface area contributed by atoms with Gasteiger partial charge in [-0.05, 0) is 0 Å². The second-order valence-electron chi connectivity index (χ2n) is 1.83. The van der Waals surface area contributed by atoms with E-state index in [1.54, 1.807) is 0 Å². The summed E-state index contributed by atoms with van der Waals surface area (Å²) in [5.41, 5.74) is 5.01. The van der Waals surface area contributed by atoms with Gasteiger partial charge in [-0.1, -0.05) is 0 Å². The summed E-state index contributed by atoms with van der Waals surface area (Å²) in [7, 11) is -4.60. The van der Waals surface area contributed by atoms with E-state index in [1.807, 2.05) is 0 Å². The number of rotatable bonds is 4. The zero-order valence-electron chi connectivity index (χ0n) is 5.91. The van der Waals surface area contributed by atoms with E-state index in [0.29, 0.717) is 0 Å². The topological polar surface area (TPSA) is 145 Å². The molecule has 0 saturated heterocycles. The van der Waals surface area contributed by atoms with Gasteiger partial charge >= 0.3 is 13.8 Å². The monoisotopic (exact) mass is 200 g/mol.